The van der Waals surface area contributed by atoms with Gasteiger partial charge in [0.25, 0.3) is 0 Å². The molecule has 0 aliphatic rings. The Morgan fingerprint density at radius 3 is 2.11 bits per heavy atom. The lowest BCUT2D eigenvalue weighted by Gasteiger charge is -2.15. The minimum Gasteiger partial charge on any atom is -0.391 e. The van der Waals surface area contributed by atoms with Crippen molar-refractivity contribution < 1.29 is 20.1 Å². The summed E-state index contributed by atoms with van der Waals surface area (Å²) in [6.07, 6.45) is -0.427. The van der Waals surface area contributed by atoms with E-state index < -0.39 is 18.8 Å². The molecule has 9 heavy (non-hydrogen) atoms. The van der Waals surface area contributed by atoms with E-state index in [0.29, 0.717) is 0 Å². The number of rotatable bonds is 3. The Morgan fingerprint density at radius 1 is 1.56 bits per heavy atom. The number of ketones is 1. The summed E-state index contributed by atoms with van der Waals surface area (Å²) in [5.41, 5.74) is 0. The highest BCUT2D eigenvalue weighted by Crippen LogP contribution is 2.03. The molecule has 0 radical (unpaired) electrons. The maximum absolute atomic E-state index is 10.2. The van der Waals surface area contributed by atoms with Gasteiger partial charge in [0.05, 0.1) is 13.0 Å². The standard InChI is InChI=1S/C5H10O4/c1-4(7)2-5(8,9)3-6/h6,8-9H,2-3H2,1H3. The maximum atomic E-state index is 10.2. The molecule has 0 amide bonds. The molecule has 0 aliphatic heterocycles. The molecule has 0 spiro atoms. The fraction of sp³-hybridized carbons (Fsp3) is 0.800. The largest absolute Gasteiger partial charge is 0.391 e. The van der Waals surface area contributed by atoms with Crippen LogP contribution in [-0.2, 0) is 4.79 Å². The first kappa shape index (κ1) is 8.55. The van der Waals surface area contributed by atoms with E-state index >= 15 is 0 Å². The number of aliphatic hydroxyl groups is 3. The molecule has 0 aromatic heterocycles. The Kier molecular flexibility index (Phi) is 2.76. The van der Waals surface area contributed by atoms with Gasteiger partial charge in [-0.2, -0.15) is 0 Å². The van der Waals surface area contributed by atoms with E-state index in [1.807, 2.05) is 0 Å². The maximum Gasteiger partial charge on any atom is 0.193 e. The van der Waals surface area contributed by atoms with Crippen molar-refractivity contribution in [2.24, 2.45) is 0 Å². The zero-order valence-electron chi connectivity index (χ0n) is 5.16. The van der Waals surface area contributed by atoms with E-state index in [-0.39, 0.29) is 5.78 Å². The van der Waals surface area contributed by atoms with E-state index in [0.717, 1.165) is 0 Å². The average Bonchev–Trinajstić information content (AvgIpc) is 1.63. The predicted octanol–water partition coefficient (Wildman–Crippen LogP) is -1.36. The van der Waals surface area contributed by atoms with Gasteiger partial charge in [0.2, 0.25) is 0 Å². The molecule has 0 bridgehead atoms. The first-order valence-corrected chi connectivity index (χ1v) is 2.53. The van der Waals surface area contributed by atoms with Crippen LogP contribution >= 0.6 is 0 Å². The van der Waals surface area contributed by atoms with Crippen LogP contribution in [0.4, 0.5) is 0 Å². The van der Waals surface area contributed by atoms with Crippen molar-refractivity contribution in [3.63, 3.8) is 0 Å². The molecule has 0 aliphatic carbocycles. The van der Waals surface area contributed by atoms with Gasteiger partial charge in [-0.1, -0.05) is 0 Å². The van der Waals surface area contributed by atoms with Crippen molar-refractivity contribution >= 4 is 5.78 Å². The summed E-state index contributed by atoms with van der Waals surface area (Å²) in [4.78, 5) is 10.2. The second-order valence-electron chi connectivity index (χ2n) is 2.02. The molecule has 54 valence electrons. The second-order valence-corrected chi connectivity index (χ2v) is 2.02. The monoisotopic (exact) mass is 134 g/mol. The Morgan fingerprint density at radius 2 is 2.00 bits per heavy atom. The molecule has 4 nitrogen and oxygen atoms in total. The van der Waals surface area contributed by atoms with Gasteiger partial charge in [-0.05, 0) is 6.92 Å². The van der Waals surface area contributed by atoms with Crippen LogP contribution in [0.3, 0.4) is 0 Å². The molecule has 0 heterocycles. The average molecular weight is 134 g/mol. The highest BCUT2D eigenvalue weighted by Gasteiger charge is 2.23. The van der Waals surface area contributed by atoms with E-state index in [1.54, 1.807) is 0 Å². The van der Waals surface area contributed by atoms with Crippen LogP contribution in [-0.4, -0.2) is 33.5 Å². The van der Waals surface area contributed by atoms with Gasteiger partial charge >= 0.3 is 0 Å². The Balaban J connectivity index is 3.71. The van der Waals surface area contributed by atoms with Crippen molar-refractivity contribution in [3.05, 3.63) is 0 Å². The Labute approximate surface area is 52.7 Å². The molecule has 4 heteroatoms. The topological polar surface area (TPSA) is 77.8 Å². The van der Waals surface area contributed by atoms with E-state index in [2.05, 4.69) is 0 Å². The van der Waals surface area contributed by atoms with Gasteiger partial charge in [0, 0.05) is 0 Å². The van der Waals surface area contributed by atoms with Crippen LogP contribution in [0.15, 0.2) is 0 Å². The second kappa shape index (κ2) is 2.91. The molecular weight excluding hydrogens is 124 g/mol. The van der Waals surface area contributed by atoms with E-state index in [4.69, 9.17) is 15.3 Å². The number of hydrogen-bond acceptors (Lipinski definition) is 4. The zero-order chi connectivity index (χ0) is 7.49. The number of hydrogen-bond donors (Lipinski definition) is 3. The van der Waals surface area contributed by atoms with Crippen molar-refractivity contribution in [1.29, 1.82) is 0 Å². The van der Waals surface area contributed by atoms with Gasteiger partial charge in [-0.15, -0.1) is 0 Å². The normalized spacial score (nSPS) is 11.6. The number of carbonyl (C=O) groups excluding carboxylic acids is 1. The summed E-state index contributed by atoms with van der Waals surface area (Å²) in [5.74, 6) is -2.60. The summed E-state index contributed by atoms with van der Waals surface area (Å²) in [5, 5.41) is 25.3. The van der Waals surface area contributed by atoms with Crippen molar-refractivity contribution in [3.8, 4) is 0 Å². The molecule has 0 rings (SSSR count). The number of Topliss-reactive ketones (excluding diaryl/α,β-unsaturated/α-hetero) is 1. The summed E-state index contributed by atoms with van der Waals surface area (Å²) in [7, 11) is 0. The summed E-state index contributed by atoms with van der Waals surface area (Å²) < 4.78 is 0. The van der Waals surface area contributed by atoms with Gasteiger partial charge < -0.3 is 15.3 Å². The fourth-order valence-electron chi connectivity index (χ4n) is 0.455. The lowest BCUT2D eigenvalue weighted by Crippen LogP contribution is -2.34. The van der Waals surface area contributed by atoms with Crippen molar-refractivity contribution in [2.45, 2.75) is 19.1 Å². The molecular formula is C5H10O4. The van der Waals surface area contributed by atoms with Crippen molar-refractivity contribution in [1.82, 2.24) is 0 Å². The lowest BCUT2D eigenvalue weighted by atomic mass is 10.1. The quantitative estimate of drug-likeness (QED) is 0.416. The molecule has 0 unspecified atom stereocenters. The smallest absolute Gasteiger partial charge is 0.193 e. The van der Waals surface area contributed by atoms with Gasteiger partial charge in [-0.3, -0.25) is 4.79 Å². The summed E-state index contributed by atoms with van der Waals surface area (Å²) in [6.45, 7) is 0.406. The third-order valence-electron chi connectivity index (χ3n) is 0.785. The third kappa shape index (κ3) is 4.08. The zero-order valence-corrected chi connectivity index (χ0v) is 5.16. The Bertz CT molecular complexity index is 108. The van der Waals surface area contributed by atoms with Crippen molar-refractivity contribution in [2.75, 3.05) is 6.61 Å². The highest BCUT2D eigenvalue weighted by molar-refractivity contribution is 5.76. The molecule has 0 atom stereocenters. The van der Waals surface area contributed by atoms with Crippen LogP contribution in [0, 0.1) is 0 Å². The fourth-order valence-corrected chi connectivity index (χ4v) is 0.455. The molecule has 0 aromatic carbocycles. The van der Waals surface area contributed by atoms with E-state index in [9.17, 15) is 4.79 Å². The molecule has 0 aromatic rings. The third-order valence-corrected chi connectivity index (χ3v) is 0.785. The first-order chi connectivity index (χ1) is 3.98. The summed E-state index contributed by atoms with van der Waals surface area (Å²) >= 11 is 0. The Hall–Kier alpha value is -0.450. The minimum atomic E-state index is -2.23. The molecule has 0 saturated carbocycles. The van der Waals surface area contributed by atoms with E-state index in [1.165, 1.54) is 6.92 Å². The molecule has 3 N–H and O–H groups in total. The molecule has 0 fully saturated rings. The number of aliphatic hydroxyl groups excluding tert-OH is 1. The highest BCUT2D eigenvalue weighted by atomic mass is 16.5. The number of carbonyl (C=O) groups is 1. The minimum absolute atomic E-state index is 0.367. The first-order valence-electron chi connectivity index (χ1n) is 2.53. The molecule has 0 saturated heterocycles. The summed E-state index contributed by atoms with van der Waals surface area (Å²) in [6, 6.07) is 0. The predicted molar refractivity (Wildman–Crippen MR) is 29.6 cm³/mol. The van der Waals surface area contributed by atoms with Crippen LogP contribution in [0.25, 0.3) is 0 Å². The van der Waals surface area contributed by atoms with Crippen LogP contribution < -0.4 is 0 Å². The SMILES string of the molecule is CC(=O)CC(O)(O)CO. The van der Waals surface area contributed by atoms with Crippen LogP contribution in [0.5, 0.6) is 0 Å². The van der Waals surface area contributed by atoms with Gasteiger partial charge in [0.15, 0.2) is 5.79 Å². The van der Waals surface area contributed by atoms with Crippen LogP contribution in [0.1, 0.15) is 13.3 Å². The van der Waals surface area contributed by atoms with Crippen LogP contribution in [0.2, 0.25) is 0 Å². The van der Waals surface area contributed by atoms with Gasteiger partial charge in [0.1, 0.15) is 5.78 Å². The van der Waals surface area contributed by atoms with Gasteiger partial charge in [-0.25, -0.2) is 0 Å². The lowest BCUT2D eigenvalue weighted by molar-refractivity contribution is -0.191.